The zero-order chi connectivity index (χ0) is 14.6. The summed E-state index contributed by atoms with van der Waals surface area (Å²) >= 11 is 0. The molecule has 20 heavy (non-hydrogen) atoms. The highest BCUT2D eigenvalue weighted by Gasteiger charge is 2.20. The second-order valence-corrected chi connectivity index (χ2v) is 5.76. The summed E-state index contributed by atoms with van der Waals surface area (Å²) in [4.78, 5) is 7.79. The van der Waals surface area contributed by atoms with Crippen molar-refractivity contribution in [2.24, 2.45) is 7.05 Å². The molecule has 0 unspecified atom stereocenters. The van der Waals surface area contributed by atoms with Gasteiger partial charge in [0.25, 0.3) is 10.0 Å². The normalized spacial score (nSPS) is 11.3. The summed E-state index contributed by atoms with van der Waals surface area (Å²) < 4.78 is 28.4. The van der Waals surface area contributed by atoms with Gasteiger partial charge in [-0.15, -0.1) is 0 Å². The number of rotatable bonds is 6. The van der Waals surface area contributed by atoms with Gasteiger partial charge < -0.3 is 5.32 Å². The van der Waals surface area contributed by atoms with Crippen LogP contribution in [0.1, 0.15) is 13.3 Å². The molecular weight excluding hydrogens is 280 g/mol. The molecule has 0 bridgehead atoms. The highest BCUT2D eigenvalue weighted by Crippen LogP contribution is 2.21. The van der Waals surface area contributed by atoms with E-state index in [-0.39, 0.29) is 10.8 Å². The predicted molar refractivity (Wildman–Crippen MR) is 74.8 cm³/mol. The quantitative estimate of drug-likeness (QED) is 0.818. The molecule has 2 aromatic rings. The Kier molecular flexibility index (Phi) is 4.18. The number of pyridine rings is 1. The smallest absolute Gasteiger partial charge is 0.267 e. The van der Waals surface area contributed by atoms with Crippen molar-refractivity contribution in [2.75, 3.05) is 16.6 Å². The predicted octanol–water partition coefficient (Wildman–Crippen LogP) is 0.833. The Hall–Kier alpha value is -2.16. The largest absolute Gasteiger partial charge is 0.384 e. The first-order chi connectivity index (χ1) is 9.54. The van der Waals surface area contributed by atoms with E-state index >= 15 is 0 Å². The number of sulfonamides is 1. The molecule has 0 aromatic carbocycles. The molecule has 2 rings (SSSR count). The second kappa shape index (κ2) is 5.87. The van der Waals surface area contributed by atoms with Gasteiger partial charge in [0, 0.05) is 26.0 Å². The second-order valence-electron chi connectivity index (χ2n) is 4.11. The van der Waals surface area contributed by atoms with Crippen LogP contribution in [0.4, 0.5) is 11.6 Å². The molecule has 108 valence electrons. The van der Waals surface area contributed by atoms with Gasteiger partial charge in [0.1, 0.15) is 11.2 Å². The third-order valence-corrected chi connectivity index (χ3v) is 3.93. The topological polar surface area (TPSA) is 102 Å². The van der Waals surface area contributed by atoms with E-state index in [4.69, 9.17) is 0 Å². The summed E-state index contributed by atoms with van der Waals surface area (Å²) in [5.41, 5.74) is 0.511. The van der Waals surface area contributed by atoms with Gasteiger partial charge in [-0.3, -0.25) is 4.98 Å². The lowest BCUT2D eigenvalue weighted by Crippen LogP contribution is -2.18. The molecule has 0 aliphatic rings. The molecule has 0 fully saturated rings. The fraction of sp³-hybridized carbons (Fsp3) is 0.364. The van der Waals surface area contributed by atoms with Crippen molar-refractivity contribution in [3.8, 4) is 0 Å². The molecule has 9 heteroatoms. The van der Waals surface area contributed by atoms with Gasteiger partial charge in [-0.05, 0) is 12.5 Å². The van der Waals surface area contributed by atoms with Gasteiger partial charge in [0.15, 0.2) is 0 Å². The van der Waals surface area contributed by atoms with Crippen LogP contribution in [0.25, 0.3) is 0 Å². The van der Waals surface area contributed by atoms with Crippen LogP contribution in [0, 0.1) is 0 Å². The van der Waals surface area contributed by atoms with Gasteiger partial charge in [0.2, 0.25) is 5.95 Å². The van der Waals surface area contributed by atoms with Crippen LogP contribution >= 0.6 is 0 Å². The number of nitrogens with one attached hydrogen (secondary N) is 2. The molecule has 0 saturated heterocycles. The van der Waals surface area contributed by atoms with E-state index in [0.717, 1.165) is 6.42 Å². The van der Waals surface area contributed by atoms with Crippen molar-refractivity contribution in [1.29, 1.82) is 0 Å². The summed E-state index contributed by atoms with van der Waals surface area (Å²) in [7, 11) is -2.16. The highest BCUT2D eigenvalue weighted by molar-refractivity contribution is 7.92. The lowest BCUT2D eigenvalue weighted by atomic mass is 10.4. The number of nitrogens with zero attached hydrogens (tertiary/aromatic N) is 4. The Bertz CT molecular complexity index is 682. The zero-order valence-corrected chi connectivity index (χ0v) is 12.1. The minimum atomic E-state index is -3.77. The molecule has 2 heterocycles. The summed E-state index contributed by atoms with van der Waals surface area (Å²) in [5, 5.41) is 6.88. The van der Waals surface area contributed by atoms with E-state index < -0.39 is 10.0 Å². The number of hydrogen-bond acceptors (Lipinski definition) is 6. The molecule has 0 atom stereocenters. The highest BCUT2D eigenvalue weighted by atomic mass is 32.2. The van der Waals surface area contributed by atoms with Gasteiger partial charge in [-0.1, -0.05) is 6.92 Å². The zero-order valence-electron chi connectivity index (χ0n) is 11.2. The van der Waals surface area contributed by atoms with Crippen LogP contribution in [0.2, 0.25) is 0 Å². The Morgan fingerprint density at radius 1 is 1.40 bits per heavy atom. The molecule has 0 aliphatic carbocycles. The van der Waals surface area contributed by atoms with Crippen LogP contribution in [-0.2, 0) is 17.1 Å². The lowest BCUT2D eigenvalue weighted by molar-refractivity contribution is 0.600. The molecule has 2 aromatic heterocycles. The maximum Gasteiger partial charge on any atom is 0.267 e. The van der Waals surface area contributed by atoms with Gasteiger partial charge in [0.05, 0.1) is 5.69 Å². The van der Waals surface area contributed by atoms with Crippen molar-refractivity contribution >= 4 is 21.7 Å². The summed E-state index contributed by atoms with van der Waals surface area (Å²) in [5.74, 6) is 0.148. The fourth-order valence-electron chi connectivity index (χ4n) is 1.56. The molecule has 0 aliphatic heterocycles. The molecular formula is C11H16N6O2S. The van der Waals surface area contributed by atoms with Gasteiger partial charge >= 0.3 is 0 Å². The minimum absolute atomic E-state index is 0.0800. The maximum atomic E-state index is 12.4. The molecule has 8 nitrogen and oxygen atoms in total. The molecule has 0 saturated carbocycles. The van der Waals surface area contributed by atoms with Crippen LogP contribution in [0.5, 0.6) is 0 Å². The Morgan fingerprint density at radius 2 is 2.20 bits per heavy atom. The van der Waals surface area contributed by atoms with E-state index in [1.165, 1.54) is 17.2 Å². The first-order valence-corrected chi connectivity index (χ1v) is 7.57. The van der Waals surface area contributed by atoms with E-state index in [1.54, 1.807) is 19.3 Å². The molecule has 0 amide bonds. The van der Waals surface area contributed by atoms with Crippen LogP contribution in [0.3, 0.4) is 0 Å². The first kappa shape index (κ1) is 14.3. The van der Waals surface area contributed by atoms with Crippen molar-refractivity contribution in [1.82, 2.24) is 19.7 Å². The lowest BCUT2D eigenvalue weighted by Gasteiger charge is -2.12. The summed E-state index contributed by atoms with van der Waals surface area (Å²) in [6.07, 6.45) is 5.01. The Balaban J connectivity index is 2.32. The average Bonchev–Trinajstić information content (AvgIpc) is 2.81. The monoisotopic (exact) mass is 296 g/mol. The summed E-state index contributed by atoms with van der Waals surface area (Å²) in [6, 6.07) is 1.63. The summed E-state index contributed by atoms with van der Waals surface area (Å²) in [6.45, 7) is 2.68. The molecule has 0 radical (unpaired) electrons. The van der Waals surface area contributed by atoms with Crippen LogP contribution in [-0.4, -0.2) is 34.7 Å². The molecule has 0 spiro atoms. The van der Waals surface area contributed by atoms with E-state index in [1.807, 2.05) is 6.92 Å². The van der Waals surface area contributed by atoms with E-state index in [9.17, 15) is 8.42 Å². The van der Waals surface area contributed by atoms with Crippen LogP contribution in [0.15, 0.2) is 29.7 Å². The van der Waals surface area contributed by atoms with Crippen molar-refractivity contribution in [3.05, 3.63) is 24.8 Å². The SMILES string of the molecule is CCCNc1ccncc1S(=O)(=O)Nc1ncnn1C. The number of hydrogen-bond donors (Lipinski definition) is 2. The third-order valence-electron chi connectivity index (χ3n) is 2.58. The minimum Gasteiger partial charge on any atom is -0.384 e. The Labute approximate surface area is 117 Å². The number of aromatic nitrogens is 4. The van der Waals surface area contributed by atoms with Gasteiger partial charge in [-0.2, -0.15) is 10.1 Å². The number of anilines is 2. The fourth-order valence-corrected chi connectivity index (χ4v) is 2.73. The third kappa shape index (κ3) is 3.05. The molecule has 2 N–H and O–H groups in total. The first-order valence-electron chi connectivity index (χ1n) is 6.09. The van der Waals surface area contributed by atoms with Crippen molar-refractivity contribution < 1.29 is 8.42 Å². The maximum absolute atomic E-state index is 12.4. The van der Waals surface area contributed by atoms with Crippen molar-refractivity contribution in [3.63, 3.8) is 0 Å². The van der Waals surface area contributed by atoms with Crippen molar-refractivity contribution in [2.45, 2.75) is 18.2 Å². The average molecular weight is 296 g/mol. The standard InChI is InChI=1S/C11H16N6O2S/c1-3-5-13-9-4-6-12-7-10(9)20(18,19)16-11-14-8-15-17(11)2/h4,6-8H,3,5H2,1-2H3,(H,12,13)(H,14,15,16). The van der Waals surface area contributed by atoms with Gasteiger partial charge in [-0.25, -0.2) is 17.8 Å². The Morgan fingerprint density at radius 3 is 2.85 bits per heavy atom. The van der Waals surface area contributed by atoms with E-state index in [2.05, 4.69) is 25.1 Å². The van der Waals surface area contributed by atoms with Crippen LogP contribution < -0.4 is 10.0 Å². The number of aryl methyl sites for hydroxylation is 1. The van der Waals surface area contributed by atoms with E-state index in [0.29, 0.717) is 12.2 Å².